The maximum absolute atomic E-state index is 4.43. The molecule has 0 bridgehead atoms. The van der Waals surface area contributed by atoms with Gasteiger partial charge in [0.1, 0.15) is 0 Å². The first-order valence-corrected chi connectivity index (χ1v) is 6.10. The van der Waals surface area contributed by atoms with Gasteiger partial charge in [-0.1, -0.05) is 24.0 Å². The Hall–Kier alpha value is -1.79. The number of aromatic nitrogens is 1. The minimum Gasteiger partial charge on any atom is -0.369 e. The van der Waals surface area contributed by atoms with Gasteiger partial charge in [0.15, 0.2) is 0 Å². The Kier molecular flexibility index (Phi) is 3.69. The smallest absolute Gasteiger partial charge is 0.0698 e. The van der Waals surface area contributed by atoms with Crippen molar-refractivity contribution in [2.24, 2.45) is 0 Å². The van der Waals surface area contributed by atoms with E-state index in [1.165, 1.54) is 5.69 Å². The highest BCUT2D eigenvalue weighted by atomic mass is 15.1. The van der Waals surface area contributed by atoms with Gasteiger partial charge < -0.3 is 4.90 Å². The molecule has 1 aromatic heterocycles. The molecule has 3 nitrogen and oxygen atoms in total. The number of aryl methyl sites for hydroxylation is 1. The Bertz CT molecular complexity index is 533. The molecule has 1 aliphatic rings. The van der Waals surface area contributed by atoms with Crippen LogP contribution in [0.15, 0.2) is 12.3 Å². The average molecular weight is 241 g/mol. The Labute approximate surface area is 109 Å². The lowest BCUT2D eigenvalue weighted by molar-refractivity contribution is 0.464. The van der Waals surface area contributed by atoms with Gasteiger partial charge in [-0.25, -0.2) is 0 Å². The summed E-state index contributed by atoms with van der Waals surface area (Å²) in [5.41, 5.74) is 4.42. The second-order valence-corrected chi connectivity index (χ2v) is 4.85. The summed E-state index contributed by atoms with van der Waals surface area (Å²) in [7, 11) is 6.14. The van der Waals surface area contributed by atoms with Gasteiger partial charge >= 0.3 is 0 Å². The molecule has 18 heavy (non-hydrogen) atoms. The van der Waals surface area contributed by atoms with E-state index in [9.17, 15) is 0 Å². The monoisotopic (exact) mass is 241 g/mol. The van der Waals surface area contributed by atoms with Gasteiger partial charge in [-0.15, -0.1) is 0 Å². The van der Waals surface area contributed by atoms with E-state index in [0.717, 1.165) is 29.9 Å². The van der Waals surface area contributed by atoms with Crippen LogP contribution in [0.1, 0.15) is 16.8 Å². The van der Waals surface area contributed by atoms with Crippen LogP contribution in [0.2, 0.25) is 0 Å². The number of pyridine rings is 1. The number of hydrogen-bond donors (Lipinski definition) is 0. The molecule has 0 spiro atoms. The first-order chi connectivity index (χ1) is 8.59. The Morgan fingerprint density at radius 3 is 2.94 bits per heavy atom. The van der Waals surface area contributed by atoms with Gasteiger partial charge in [-0.05, 0) is 21.0 Å². The first kappa shape index (κ1) is 12.7. The van der Waals surface area contributed by atoms with E-state index in [-0.39, 0.29) is 0 Å². The summed E-state index contributed by atoms with van der Waals surface area (Å²) in [6.45, 7) is 3.72. The van der Waals surface area contributed by atoms with Crippen LogP contribution >= 0.6 is 0 Å². The second kappa shape index (κ2) is 5.24. The highest BCUT2D eigenvalue weighted by Gasteiger charge is 2.15. The standard InChI is InChI=1S/C15H19N3/c1-12-14(8-6-9-17(2)3)15-13(11-16-12)7-5-10-18(15)4/h5,7,11H,9-10H2,1-4H3. The maximum atomic E-state index is 4.43. The van der Waals surface area contributed by atoms with Gasteiger partial charge in [0, 0.05) is 25.4 Å². The molecule has 1 aromatic rings. The molecule has 3 heteroatoms. The summed E-state index contributed by atoms with van der Waals surface area (Å²) >= 11 is 0. The summed E-state index contributed by atoms with van der Waals surface area (Å²) in [6, 6.07) is 0. The van der Waals surface area contributed by atoms with E-state index in [1.807, 2.05) is 27.2 Å². The summed E-state index contributed by atoms with van der Waals surface area (Å²) < 4.78 is 0. The first-order valence-electron chi connectivity index (χ1n) is 6.10. The molecule has 0 unspecified atom stereocenters. The van der Waals surface area contributed by atoms with E-state index in [4.69, 9.17) is 0 Å². The molecule has 94 valence electrons. The van der Waals surface area contributed by atoms with Crippen LogP contribution in [0.25, 0.3) is 6.08 Å². The average Bonchev–Trinajstić information content (AvgIpc) is 2.32. The van der Waals surface area contributed by atoms with Crippen molar-refractivity contribution in [1.29, 1.82) is 0 Å². The van der Waals surface area contributed by atoms with Gasteiger partial charge in [-0.2, -0.15) is 0 Å². The molecule has 0 amide bonds. The van der Waals surface area contributed by atoms with Gasteiger partial charge in [0.2, 0.25) is 0 Å². The van der Waals surface area contributed by atoms with Crippen molar-refractivity contribution >= 4 is 11.8 Å². The molecule has 0 atom stereocenters. The molecule has 2 rings (SSSR count). The zero-order chi connectivity index (χ0) is 13.1. The number of fused-ring (bicyclic) bond motifs is 1. The number of likely N-dealkylation sites (N-methyl/N-ethyl adjacent to an activating group) is 1. The predicted octanol–water partition coefficient (Wildman–Crippen LogP) is 1.77. The molecule has 0 saturated heterocycles. The summed E-state index contributed by atoms with van der Waals surface area (Å²) in [5.74, 6) is 6.47. The topological polar surface area (TPSA) is 19.4 Å². The van der Waals surface area contributed by atoms with Gasteiger partial charge in [0.25, 0.3) is 0 Å². The molecule has 0 saturated carbocycles. The Morgan fingerprint density at radius 1 is 1.44 bits per heavy atom. The summed E-state index contributed by atoms with van der Waals surface area (Å²) in [6.07, 6.45) is 6.20. The van der Waals surface area contributed by atoms with Crippen LogP contribution < -0.4 is 4.90 Å². The van der Waals surface area contributed by atoms with Crippen molar-refractivity contribution in [3.8, 4) is 11.8 Å². The van der Waals surface area contributed by atoms with Crippen molar-refractivity contribution in [2.45, 2.75) is 6.92 Å². The van der Waals surface area contributed by atoms with Crippen molar-refractivity contribution in [2.75, 3.05) is 39.1 Å². The van der Waals surface area contributed by atoms with Crippen LogP contribution in [0.4, 0.5) is 5.69 Å². The van der Waals surface area contributed by atoms with Crippen molar-refractivity contribution in [1.82, 2.24) is 9.88 Å². The molecule has 0 aliphatic carbocycles. The third kappa shape index (κ3) is 2.55. The number of rotatable bonds is 1. The zero-order valence-electron chi connectivity index (χ0n) is 11.5. The zero-order valence-corrected chi connectivity index (χ0v) is 11.5. The molecule has 0 radical (unpaired) electrons. The predicted molar refractivity (Wildman–Crippen MR) is 76.7 cm³/mol. The van der Waals surface area contributed by atoms with Gasteiger partial charge in [0.05, 0.1) is 23.5 Å². The molecule has 0 N–H and O–H groups in total. The SMILES string of the molecule is Cc1ncc2c(c1C#CCN(C)C)N(C)CC=C2. The van der Waals surface area contributed by atoms with Crippen LogP contribution in [0.5, 0.6) is 0 Å². The van der Waals surface area contributed by atoms with Crippen LogP contribution in [0, 0.1) is 18.8 Å². The summed E-state index contributed by atoms with van der Waals surface area (Å²) in [4.78, 5) is 8.72. The maximum Gasteiger partial charge on any atom is 0.0698 e. The third-order valence-electron chi connectivity index (χ3n) is 2.94. The lowest BCUT2D eigenvalue weighted by Crippen LogP contribution is -2.22. The highest BCUT2D eigenvalue weighted by molar-refractivity contribution is 5.77. The van der Waals surface area contributed by atoms with E-state index < -0.39 is 0 Å². The van der Waals surface area contributed by atoms with E-state index >= 15 is 0 Å². The molecule has 2 heterocycles. The lowest BCUT2D eigenvalue weighted by Gasteiger charge is -2.25. The fourth-order valence-electron chi connectivity index (χ4n) is 2.01. The van der Waals surface area contributed by atoms with E-state index in [1.54, 1.807) is 0 Å². The van der Waals surface area contributed by atoms with Crippen molar-refractivity contribution < 1.29 is 0 Å². The number of hydrogen-bond acceptors (Lipinski definition) is 3. The second-order valence-electron chi connectivity index (χ2n) is 4.85. The van der Waals surface area contributed by atoms with Crippen molar-refractivity contribution in [3.63, 3.8) is 0 Å². The number of nitrogens with zero attached hydrogens (tertiary/aromatic N) is 3. The Balaban J connectivity index is 2.45. The van der Waals surface area contributed by atoms with E-state index in [0.29, 0.717) is 0 Å². The third-order valence-corrected chi connectivity index (χ3v) is 2.94. The minimum atomic E-state index is 0.767. The van der Waals surface area contributed by atoms with Crippen LogP contribution in [-0.2, 0) is 0 Å². The van der Waals surface area contributed by atoms with E-state index in [2.05, 4.69) is 45.8 Å². The Morgan fingerprint density at radius 2 is 2.22 bits per heavy atom. The van der Waals surface area contributed by atoms with Gasteiger partial charge in [-0.3, -0.25) is 9.88 Å². The fraction of sp³-hybridized carbons (Fsp3) is 0.400. The molecule has 0 aromatic carbocycles. The summed E-state index contributed by atoms with van der Waals surface area (Å²) in [5, 5.41) is 0. The fourth-order valence-corrected chi connectivity index (χ4v) is 2.01. The molecule has 1 aliphatic heterocycles. The van der Waals surface area contributed by atoms with Crippen molar-refractivity contribution in [3.05, 3.63) is 29.1 Å². The lowest BCUT2D eigenvalue weighted by atomic mass is 10.0. The van der Waals surface area contributed by atoms with Crippen LogP contribution in [-0.4, -0.2) is 44.1 Å². The van der Waals surface area contributed by atoms with Crippen LogP contribution in [0.3, 0.4) is 0 Å². The largest absolute Gasteiger partial charge is 0.369 e. The highest BCUT2D eigenvalue weighted by Crippen LogP contribution is 2.29. The molecular weight excluding hydrogens is 222 g/mol. The normalized spacial score (nSPS) is 13.3. The minimum absolute atomic E-state index is 0.767. The quantitative estimate of drug-likeness (QED) is 0.699. The number of anilines is 1. The molecular formula is C15H19N3. The molecule has 0 fully saturated rings.